The maximum atomic E-state index is 12.3. The number of aromatic nitrogens is 1. The van der Waals surface area contributed by atoms with Crippen LogP contribution < -0.4 is 16.0 Å². The molecule has 1 aromatic heterocycles. The Morgan fingerprint density at radius 2 is 2.19 bits per heavy atom. The van der Waals surface area contributed by atoms with Crippen molar-refractivity contribution in [3.63, 3.8) is 0 Å². The van der Waals surface area contributed by atoms with Gasteiger partial charge in [0.2, 0.25) is 17.7 Å². The van der Waals surface area contributed by atoms with Crippen LogP contribution >= 0.6 is 23.1 Å². The first-order chi connectivity index (χ1) is 14.9. The average Bonchev–Trinajstić information content (AvgIpc) is 3.45. The number of fused-ring (bicyclic) bond motifs is 1. The van der Waals surface area contributed by atoms with Crippen LogP contribution in [0, 0.1) is 5.92 Å². The lowest BCUT2D eigenvalue weighted by Gasteiger charge is -2.09. The Morgan fingerprint density at radius 3 is 2.90 bits per heavy atom. The quantitative estimate of drug-likeness (QED) is 0.441. The first-order valence-corrected chi connectivity index (χ1v) is 11.4. The minimum atomic E-state index is -1.02. The van der Waals surface area contributed by atoms with Gasteiger partial charge in [-0.2, -0.15) is 0 Å². The number of thioether (sulfide) groups is 1. The lowest BCUT2D eigenvalue weighted by atomic mass is 10.1. The van der Waals surface area contributed by atoms with Crippen LogP contribution in [0.2, 0.25) is 0 Å². The number of hydrogen-bond donors (Lipinski definition) is 4. The van der Waals surface area contributed by atoms with Crippen LogP contribution in [-0.2, 0) is 23.9 Å². The molecule has 164 valence electrons. The predicted molar refractivity (Wildman–Crippen MR) is 114 cm³/mol. The minimum Gasteiger partial charge on any atom is -0.479 e. The number of carboxylic acids is 1. The number of carbonyl (C=O) groups excluding carboxylic acids is 3. The van der Waals surface area contributed by atoms with Gasteiger partial charge in [0.1, 0.15) is 0 Å². The third kappa shape index (κ3) is 5.32. The maximum Gasteiger partial charge on any atom is 0.332 e. The summed E-state index contributed by atoms with van der Waals surface area (Å²) in [5.41, 5.74) is 1.39. The average molecular weight is 465 g/mol. The van der Waals surface area contributed by atoms with Crippen molar-refractivity contribution in [2.24, 2.45) is 5.92 Å². The van der Waals surface area contributed by atoms with Gasteiger partial charge in [0.05, 0.1) is 34.5 Å². The lowest BCUT2D eigenvalue weighted by molar-refractivity contribution is -0.147. The first-order valence-electron chi connectivity index (χ1n) is 9.62. The summed E-state index contributed by atoms with van der Waals surface area (Å²) >= 11 is 2.70. The molecule has 12 heteroatoms. The van der Waals surface area contributed by atoms with Crippen LogP contribution in [0.1, 0.15) is 12.8 Å². The molecule has 0 saturated carbocycles. The molecule has 2 aliphatic heterocycles. The molecule has 0 aliphatic carbocycles. The van der Waals surface area contributed by atoms with E-state index < -0.39 is 12.1 Å². The summed E-state index contributed by atoms with van der Waals surface area (Å²) < 4.78 is 6.71. The molecule has 3 heterocycles. The zero-order valence-corrected chi connectivity index (χ0v) is 17.9. The number of thiazole rings is 1. The smallest absolute Gasteiger partial charge is 0.332 e. The number of ether oxygens (including phenoxy) is 1. The number of carbonyl (C=O) groups is 4. The molecule has 2 unspecified atom stereocenters. The maximum absolute atomic E-state index is 12.3. The normalized spacial score (nSPS) is 23.0. The van der Waals surface area contributed by atoms with Crippen molar-refractivity contribution < 1.29 is 29.0 Å². The van der Waals surface area contributed by atoms with Crippen molar-refractivity contribution >= 4 is 62.7 Å². The molecule has 0 spiro atoms. The van der Waals surface area contributed by atoms with Crippen molar-refractivity contribution in [3.05, 3.63) is 18.2 Å². The Morgan fingerprint density at radius 1 is 1.35 bits per heavy atom. The van der Waals surface area contributed by atoms with Gasteiger partial charge >= 0.3 is 5.97 Å². The van der Waals surface area contributed by atoms with Gasteiger partial charge in [-0.15, -0.1) is 11.3 Å². The number of nitrogens with zero attached hydrogens (tertiary/aromatic N) is 1. The second kappa shape index (κ2) is 9.20. The zero-order chi connectivity index (χ0) is 22.0. The number of rotatable bonds is 7. The molecule has 0 radical (unpaired) electrons. The van der Waals surface area contributed by atoms with E-state index in [-0.39, 0.29) is 54.9 Å². The molecule has 10 nitrogen and oxygen atoms in total. The Kier molecular flexibility index (Phi) is 6.39. The zero-order valence-electron chi connectivity index (χ0n) is 16.3. The van der Waals surface area contributed by atoms with E-state index in [1.165, 1.54) is 23.1 Å². The fourth-order valence-corrected chi connectivity index (χ4v) is 5.29. The second-order valence-electron chi connectivity index (χ2n) is 7.31. The number of benzene rings is 1. The van der Waals surface area contributed by atoms with Crippen LogP contribution in [-0.4, -0.2) is 64.8 Å². The summed E-state index contributed by atoms with van der Waals surface area (Å²) in [6.07, 6.45) is -0.421. The van der Waals surface area contributed by atoms with E-state index >= 15 is 0 Å². The second-order valence-corrected chi connectivity index (χ2v) is 9.56. The van der Waals surface area contributed by atoms with Crippen LogP contribution in [0.3, 0.4) is 0 Å². The molecular formula is C19H20N4O6S2. The Hall–Kier alpha value is -2.70. The largest absolute Gasteiger partial charge is 0.479 e. The minimum absolute atomic E-state index is 0.120. The van der Waals surface area contributed by atoms with E-state index in [1.54, 1.807) is 12.1 Å². The van der Waals surface area contributed by atoms with Crippen LogP contribution in [0.4, 0.5) is 5.69 Å². The predicted octanol–water partition coefficient (Wildman–Crippen LogP) is 0.821. The summed E-state index contributed by atoms with van der Waals surface area (Å²) in [5.74, 6) is -1.77. The molecule has 2 aromatic rings. The molecule has 3 amide bonds. The Bertz CT molecular complexity index is 1040. The third-order valence-electron chi connectivity index (χ3n) is 4.95. The number of nitrogens with one attached hydrogen (secondary N) is 3. The molecule has 4 N–H and O–H groups in total. The third-order valence-corrected chi connectivity index (χ3v) is 7.11. The van der Waals surface area contributed by atoms with Gasteiger partial charge in [-0.05, 0) is 18.2 Å². The van der Waals surface area contributed by atoms with Crippen LogP contribution in [0.25, 0.3) is 10.2 Å². The van der Waals surface area contributed by atoms with Gasteiger partial charge < -0.3 is 25.8 Å². The van der Waals surface area contributed by atoms with Gasteiger partial charge in [0.15, 0.2) is 10.4 Å². The van der Waals surface area contributed by atoms with E-state index in [0.29, 0.717) is 16.6 Å². The number of aliphatic carboxylic acids is 1. The van der Waals surface area contributed by atoms with Crippen molar-refractivity contribution in [3.8, 4) is 0 Å². The fraction of sp³-hybridized carbons (Fsp3) is 0.421. The van der Waals surface area contributed by atoms with E-state index in [0.717, 1.165) is 10.2 Å². The van der Waals surface area contributed by atoms with Crippen LogP contribution in [0.5, 0.6) is 0 Å². The first kappa shape index (κ1) is 21.5. The summed E-state index contributed by atoms with van der Waals surface area (Å²) in [6.45, 7) is 0.536. The van der Waals surface area contributed by atoms with Gasteiger partial charge in [-0.25, -0.2) is 9.78 Å². The molecule has 4 rings (SSSR count). The highest BCUT2D eigenvalue weighted by molar-refractivity contribution is 8.01. The Labute approximate surface area is 185 Å². The highest BCUT2D eigenvalue weighted by Crippen LogP contribution is 2.31. The molecule has 31 heavy (non-hydrogen) atoms. The van der Waals surface area contributed by atoms with Gasteiger partial charge in [0, 0.05) is 25.1 Å². The lowest BCUT2D eigenvalue weighted by Crippen LogP contribution is -2.36. The van der Waals surface area contributed by atoms with E-state index in [2.05, 4.69) is 20.9 Å². The fourth-order valence-electron chi connectivity index (χ4n) is 3.37. The van der Waals surface area contributed by atoms with Crippen molar-refractivity contribution in [1.82, 2.24) is 15.6 Å². The number of carboxylic acid groups (broad SMARTS) is 1. The van der Waals surface area contributed by atoms with E-state index in [1.807, 2.05) is 6.07 Å². The molecule has 2 fully saturated rings. The highest BCUT2D eigenvalue weighted by atomic mass is 32.2. The molecule has 2 saturated heterocycles. The van der Waals surface area contributed by atoms with Gasteiger partial charge in [-0.1, -0.05) is 11.8 Å². The number of hydrogen-bond acceptors (Lipinski definition) is 8. The van der Waals surface area contributed by atoms with Crippen molar-refractivity contribution in [2.75, 3.05) is 24.2 Å². The van der Waals surface area contributed by atoms with Crippen molar-refractivity contribution in [1.29, 1.82) is 0 Å². The topological polar surface area (TPSA) is 147 Å². The summed E-state index contributed by atoms with van der Waals surface area (Å²) in [6, 6.07) is 5.07. The molecule has 2 aliphatic rings. The summed E-state index contributed by atoms with van der Waals surface area (Å²) in [4.78, 5) is 51.1. The molecule has 3 atom stereocenters. The molecule has 1 aromatic carbocycles. The summed E-state index contributed by atoms with van der Waals surface area (Å²) in [5, 5.41) is 17.2. The standard InChI is InChI=1S/C19H20N4O6S2/c24-15-3-9(6-20-15)17(26)22-10-1-2-12-14(5-10)31-19(23-12)30-8-16(25)21-11-4-13(18(27)28)29-7-11/h1-2,5,9,11,13H,3-4,6-8H2,(H,20,24)(H,21,25)(H,22,26)(H,27,28)/t9-,11?,13?/m0/s1. The van der Waals surface area contributed by atoms with E-state index in [4.69, 9.17) is 9.84 Å². The van der Waals surface area contributed by atoms with Gasteiger partial charge in [-0.3, -0.25) is 14.4 Å². The summed E-state index contributed by atoms with van der Waals surface area (Å²) in [7, 11) is 0. The SMILES string of the molecule is O=C1C[C@H](C(=O)Nc2ccc3nc(SCC(=O)NC4COC(C(=O)O)C4)sc3c2)CN1. The van der Waals surface area contributed by atoms with Crippen LogP contribution in [0.15, 0.2) is 22.5 Å². The van der Waals surface area contributed by atoms with Gasteiger partial charge in [0.25, 0.3) is 0 Å². The Balaban J connectivity index is 1.30. The molecular weight excluding hydrogens is 444 g/mol. The van der Waals surface area contributed by atoms with E-state index in [9.17, 15) is 19.2 Å². The number of amides is 3. The van der Waals surface area contributed by atoms with Crippen molar-refractivity contribution in [2.45, 2.75) is 29.3 Å². The monoisotopic (exact) mass is 464 g/mol. The number of anilines is 1. The highest BCUT2D eigenvalue weighted by Gasteiger charge is 2.31. The molecule has 0 bridgehead atoms.